The highest BCUT2D eigenvalue weighted by Gasteiger charge is 2.29. The summed E-state index contributed by atoms with van der Waals surface area (Å²) in [5.41, 5.74) is 0.105. The molecule has 0 amide bonds. The van der Waals surface area contributed by atoms with E-state index < -0.39 is 11.7 Å². The first-order chi connectivity index (χ1) is 7.54. The van der Waals surface area contributed by atoms with Crippen molar-refractivity contribution in [2.24, 2.45) is 0 Å². The lowest BCUT2D eigenvalue weighted by Crippen LogP contribution is -2.05. The number of unbranched alkanes of at least 4 members (excludes halogenated alkanes) is 2. The number of hydrogen-bond acceptors (Lipinski definition) is 1. The van der Waals surface area contributed by atoms with Gasteiger partial charge in [-0.25, -0.2) is 0 Å². The van der Waals surface area contributed by atoms with Crippen LogP contribution in [0, 0.1) is 6.92 Å². The van der Waals surface area contributed by atoms with E-state index in [0.29, 0.717) is 0 Å². The van der Waals surface area contributed by atoms with Crippen LogP contribution in [0.4, 0.5) is 18.9 Å². The fraction of sp³-hybridized carbons (Fsp3) is 0.417. The molecule has 0 unspecified atom stereocenters. The van der Waals surface area contributed by atoms with Gasteiger partial charge in [0.25, 0.3) is 0 Å². The maximum atomic E-state index is 12.2. The van der Waals surface area contributed by atoms with Gasteiger partial charge in [-0.3, -0.25) is 0 Å². The van der Waals surface area contributed by atoms with Crippen LogP contribution in [-0.2, 0) is 6.18 Å². The van der Waals surface area contributed by atoms with Crippen molar-refractivity contribution in [3.8, 4) is 0 Å². The Balaban J connectivity index is 2.46. The van der Waals surface area contributed by atoms with Crippen molar-refractivity contribution in [2.75, 3.05) is 11.9 Å². The molecule has 1 nitrogen and oxygen atoms in total. The number of anilines is 1. The summed E-state index contributed by atoms with van der Waals surface area (Å²) < 4.78 is 36.7. The number of nitrogens with one attached hydrogen (secondary N) is 1. The van der Waals surface area contributed by atoms with Gasteiger partial charge in [0, 0.05) is 12.2 Å². The Morgan fingerprint density at radius 1 is 1.06 bits per heavy atom. The first kappa shape index (κ1) is 12.9. The van der Waals surface area contributed by atoms with Gasteiger partial charge in [-0.1, -0.05) is 19.8 Å². The van der Waals surface area contributed by atoms with Gasteiger partial charge in [0.2, 0.25) is 0 Å². The summed E-state index contributed by atoms with van der Waals surface area (Å²) in [7, 11) is 0. The summed E-state index contributed by atoms with van der Waals surface area (Å²) in [6, 6.07) is 5.08. The molecule has 0 spiro atoms. The van der Waals surface area contributed by atoms with E-state index in [9.17, 15) is 13.2 Å². The minimum absolute atomic E-state index is 0.615. The largest absolute Gasteiger partial charge is 0.416 e. The Hall–Kier alpha value is -1.19. The van der Waals surface area contributed by atoms with E-state index in [2.05, 4.69) is 12.2 Å². The number of hydrogen-bond donors (Lipinski definition) is 1. The molecule has 0 saturated heterocycles. The molecule has 89 valence electrons. The van der Waals surface area contributed by atoms with Crippen molar-refractivity contribution in [1.82, 2.24) is 0 Å². The van der Waals surface area contributed by atoms with Gasteiger partial charge in [0.1, 0.15) is 0 Å². The van der Waals surface area contributed by atoms with E-state index in [0.717, 1.165) is 43.6 Å². The standard InChI is InChI=1S/C12H15F3N/c1-2-3-4-9-16-11-7-5-10(6-8-11)12(13,14)15/h5-8,16H,1-4,9H2. The SMILES string of the molecule is [CH2]CCCCNc1ccc(C(F)(F)F)cc1. The van der Waals surface area contributed by atoms with Gasteiger partial charge < -0.3 is 5.32 Å². The van der Waals surface area contributed by atoms with Crippen molar-refractivity contribution in [1.29, 1.82) is 0 Å². The first-order valence-corrected chi connectivity index (χ1v) is 5.24. The monoisotopic (exact) mass is 230 g/mol. The molecular formula is C12H15F3N. The van der Waals surface area contributed by atoms with E-state index in [4.69, 9.17) is 0 Å². The summed E-state index contributed by atoms with van der Waals surface area (Å²) in [6.45, 7) is 4.48. The summed E-state index contributed by atoms with van der Waals surface area (Å²) in [5.74, 6) is 0. The summed E-state index contributed by atoms with van der Waals surface area (Å²) in [4.78, 5) is 0. The second-order valence-corrected chi connectivity index (χ2v) is 3.56. The van der Waals surface area contributed by atoms with Crippen LogP contribution < -0.4 is 5.32 Å². The lowest BCUT2D eigenvalue weighted by Gasteiger charge is -2.09. The molecule has 1 rings (SSSR count). The van der Waals surface area contributed by atoms with Crippen LogP contribution in [0.15, 0.2) is 24.3 Å². The van der Waals surface area contributed by atoms with Gasteiger partial charge in [0.15, 0.2) is 0 Å². The van der Waals surface area contributed by atoms with Crippen molar-refractivity contribution in [3.63, 3.8) is 0 Å². The molecule has 0 saturated carbocycles. The van der Waals surface area contributed by atoms with Crippen LogP contribution >= 0.6 is 0 Å². The summed E-state index contributed by atoms with van der Waals surface area (Å²) in [5, 5.41) is 3.06. The predicted octanol–water partition coefficient (Wildman–Crippen LogP) is 4.12. The minimum atomic E-state index is -4.26. The lowest BCUT2D eigenvalue weighted by atomic mass is 10.2. The molecule has 16 heavy (non-hydrogen) atoms. The number of halogens is 3. The number of alkyl halides is 3. The molecular weight excluding hydrogens is 215 g/mol. The van der Waals surface area contributed by atoms with E-state index >= 15 is 0 Å². The topological polar surface area (TPSA) is 12.0 Å². The molecule has 1 radical (unpaired) electrons. The highest BCUT2D eigenvalue weighted by Crippen LogP contribution is 2.29. The number of benzene rings is 1. The molecule has 0 atom stereocenters. The highest BCUT2D eigenvalue weighted by molar-refractivity contribution is 5.44. The maximum Gasteiger partial charge on any atom is 0.416 e. The molecule has 1 aromatic carbocycles. The zero-order valence-electron chi connectivity index (χ0n) is 8.98. The molecule has 0 aromatic heterocycles. The van der Waals surface area contributed by atoms with Gasteiger partial charge in [-0.15, -0.1) is 0 Å². The van der Waals surface area contributed by atoms with Crippen LogP contribution in [-0.4, -0.2) is 6.54 Å². The van der Waals surface area contributed by atoms with Crippen molar-refractivity contribution in [3.05, 3.63) is 36.8 Å². The molecule has 0 aliphatic rings. The Labute approximate surface area is 93.7 Å². The second-order valence-electron chi connectivity index (χ2n) is 3.56. The van der Waals surface area contributed by atoms with Crippen LogP contribution in [0.25, 0.3) is 0 Å². The molecule has 0 aliphatic carbocycles. The van der Waals surface area contributed by atoms with Gasteiger partial charge in [-0.2, -0.15) is 13.2 Å². The zero-order valence-corrected chi connectivity index (χ0v) is 8.98. The zero-order chi connectivity index (χ0) is 12.0. The van der Waals surface area contributed by atoms with Gasteiger partial charge >= 0.3 is 6.18 Å². The first-order valence-electron chi connectivity index (χ1n) is 5.24. The molecule has 1 N–H and O–H groups in total. The summed E-state index contributed by atoms with van der Waals surface area (Å²) >= 11 is 0. The maximum absolute atomic E-state index is 12.2. The van der Waals surface area contributed by atoms with Crippen molar-refractivity contribution >= 4 is 5.69 Å². The molecule has 0 aliphatic heterocycles. The Morgan fingerprint density at radius 2 is 1.69 bits per heavy atom. The van der Waals surface area contributed by atoms with E-state index in [1.54, 1.807) is 0 Å². The molecule has 0 fully saturated rings. The average molecular weight is 230 g/mol. The van der Waals surface area contributed by atoms with E-state index in [1.165, 1.54) is 12.1 Å². The molecule has 4 heteroatoms. The van der Waals surface area contributed by atoms with Crippen LogP contribution in [0.2, 0.25) is 0 Å². The quantitative estimate of drug-likeness (QED) is 0.750. The molecule has 0 bridgehead atoms. The van der Waals surface area contributed by atoms with E-state index in [1.807, 2.05) is 0 Å². The average Bonchev–Trinajstić information content (AvgIpc) is 2.24. The van der Waals surface area contributed by atoms with Crippen LogP contribution in [0.5, 0.6) is 0 Å². The third-order valence-corrected chi connectivity index (χ3v) is 2.22. The van der Waals surface area contributed by atoms with Gasteiger partial charge in [0.05, 0.1) is 5.56 Å². The van der Waals surface area contributed by atoms with Crippen molar-refractivity contribution in [2.45, 2.75) is 25.4 Å². The predicted molar refractivity (Wildman–Crippen MR) is 59.1 cm³/mol. The minimum Gasteiger partial charge on any atom is -0.385 e. The Morgan fingerprint density at radius 3 is 2.19 bits per heavy atom. The fourth-order valence-corrected chi connectivity index (χ4v) is 1.31. The normalized spacial score (nSPS) is 11.5. The van der Waals surface area contributed by atoms with Gasteiger partial charge in [-0.05, 0) is 30.7 Å². The van der Waals surface area contributed by atoms with Crippen LogP contribution in [0.3, 0.4) is 0 Å². The third kappa shape index (κ3) is 4.13. The lowest BCUT2D eigenvalue weighted by molar-refractivity contribution is -0.137. The van der Waals surface area contributed by atoms with E-state index in [-0.39, 0.29) is 0 Å². The molecule has 1 aromatic rings. The Bertz CT molecular complexity index is 303. The molecule has 0 heterocycles. The summed E-state index contributed by atoms with van der Waals surface area (Å²) in [6.07, 6.45) is -1.38. The van der Waals surface area contributed by atoms with Crippen LogP contribution in [0.1, 0.15) is 24.8 Å². The second kappa shape index (κ2) is 5.77. The third-order valence-electron chi connectivity index (χ3n) is 2.22. The number of rotatable bonds is 5. The smallest absolute Gasteiger partial charge is 0.385 e. The highest BCUT2D eigenvalue weighted by atomic mass is 19.4. The fourth-order valence-electron chi connectivity index (χ4n) is 1.31. The van der Waals surface area contributed by atoms with Crippen molar-refractivity contribution < 1.29 is 13.2 Å². The Kier molecular flexibility index (Phi) is 4.65.